The lowest BCUT2D eigenvalue weighted by Gasteiger charge is -1.88. The van der Waals surface area contributed by atoms with Crippen LogP contribution in [0.4, 0.5) is 0 Å². The van der Waals surface area contributed by atoms with E-state index < -0.39 is 0 Å². The van der Waals surface area contributed by atoms with Gasteiger partial charge in [0.1, 0.15) is 0 Å². The van der Waals surface area contributed by atoms with Gasteiger partial charge in [0.25, 0.3) is 0 Å². The van der Waals surface area contributed by atoms with Gasteiger partial charge in [0.15, 0.2) is 0 Å². The Morgan fingerprint density at radius 1 is 1.33 bits per heavy atom. The number of rotatable bonds is 0. The fraction of sp³-hybridized carbons (Fsp3) is 0.364. The van der Waals surface area contributed by atoms with Crippen LogP contribution >= 0.6 is 0 Å². The lowest BCUT2D eigenvalue weighted by molar-refractivity contribution is 1.19. The highest BCUT2D eigenvalue weighted by atomic mass is 14.6. The fourth-order valence-corrected chi connectivity index (χ4v) is 0.553. The van der Waals surface area contributed by atoms with Crippen LogP contribution in [-0.4, -0.2) is 4.98 Å². The summed E-state index contributed by atoms with van der Waals surface area (Å²) in [6.07, 6.45) is 6.80. The summed E-state index contributed by atoms with van der Waals surface area (Å²) in [5, 5.41) is 0. The third-order valence-electron chi connectivity index (χ3n) is 1.08. The van der Waals surface area contributed by atoms with E-state index in [2.05, 4.69) is 10.9 Å². The van der Waals surface area contributed by atoms with E-state index in [1.807, 2.05) is 32.9 Å². The van der Waals surface area contributed by atoms with E-state index in [9.17, 15) is 0 Å². The summed E-state index contributed by atoms with van der Waals surface area (Å²) in [7, 11) is 0. The average Bonchev–Trinajstić information content (AvgIpc) is 2.10. The minimum absolute atomic E-state index is 0. The summed E-state index contributed by atoms with van der Waals surface area (Å²) < 4.78 is 0. The molecule has 12 heavy (non-hydrogen) atoms. The standard InChI is InChI=1S/C8H7N.C2H6.CH4/c1-3-8-5-4-7(2)9-6-8;1-2;/h1,4-6H,2H3;1-2H3;1H4. The van der Waals surface area contributed by atoms with E-state index in [4.69, 9.17) is 6.42 Å². The molecule has 0 aliphatic rings. The molecular formula is C11H17N. The molecule has 1 heterocycles. The lowest BCUT2D eigenvalue weighted by atomic mass is 10.3. The van der Waals surface area contributed by atoms with Gasteiger partial charge in [0.05, 0.1) is 0 Å². The molecule has 66 valence electrons. The third-order valence-corrected chi connectivity index (χ3v) is 1.08. The van der Waals surface area contributed by atoms with E-state index in [-0.39, 0.29) is 7.43 Å². The van der Waals surface area contributed by atoms with Gasteiger partial charge < -0.3 is 0 Å². The quantitative estimate of drug-likeness (QED) is 0.536. The molecule has 0 atom stereocenters. The Morgan fingerprint density at radius 3 is 2.25 bits per heavy atom. The van der Waals surface area contributed by atoms with Crippen molar-refractivity contribution in [2.24, 2.45) is 0 Å². The highest BCUT2D eigenvalue weighted by molar-refractivity contribution is 5.29. The van der Waals surface area contributed by atoms with E-state index >= 15 is 0 Å². The number of nitrogens with zero attached hydrogens (tertiary/aromatic N) is 1. The van der Waals surface area contributed by atoms with Crippen molar-refractivity contribution in [2.75, 3.05) is 0 Å². The fourth-order valence-electron chi connectivity index (χ4n) is 0.553. The Morgan fingerprint density at radius 2 is 1.92 bits per heavy atom. The van der Waals surface area contributed by atoms with Gasteiger partial charge in [0.2, 0.25) is 0 Å². The maximum atomic E-state index is 5.11. The van der Waals surface area contributed by atoms with Crippen LogP contribution in [0.2, 0.25) is 0 Å². The normalized spacial score (nSPS) is 6.83. The van der Waals surface area contributed by atoms with Gasteiger partial charge in [0, 0.05) is 17.5 Å². The second kappa shape index (κ2) is 7.81. The van der Waals surface area contributed by atoms with Gasteiger partial charge in [-0.1, -0.05) is 27.2 Å². The molecule has 1 aromatic rings. The highest BCUT2D eigenvalue weighted by Crippen LogP contribution is 1.95. The van der Waals surface area contributed by atoms with Crippen molar-refractivity contribution >= 4 is 0 Å². The first-order valence-electron chi connectivity index (χ1n) is 3.72. The topological polar surface area (TPSA) is 12.9 Å². The first-order chi connectivity index (χ1) is 5.33. The smallest absolute Gasteiger partial charge is 0.0427 e. The zero-order chi connectivity index (χ0) is 8.69. The molecule has 0 saturated carbocycles. The zero-order valence-electron chi connectivity index (χ0n) is 7.26. The Balaban J connectivity index is 0. The van der Waals surface area contributed by atoms with Crippen molar-refractivity contribution < 1.29 is 0 Å². The second-order valence-corrected chi connectivity index (χ2v) is 1.83. The van der Waals surface area contributed by atoms with Crippen molar-refractivity contribution in [1.82, 2.24) is 4.98 Å². The first-order valence-corrected chi connectivity index (χ1v) is 3.72. The van der Waals surface area contributed by atoms with Crippen molar-refractivity contribution in [1.29, 1.82) is 0 Å². The number of aryl methyl sites for hydroxylation is 1. The number of terminal acetylenes is 1. The zero-order valence-corrected chi connectivity index (χ0v) is 7.26. The van der Waals surface area contributed by atoms with Gasteiger partial charge >= 0.3 is 0 Å². The maximum absolute atomic E-state index is 5.11. The van der Waals surface area contributed by atoms with Crippen LogP contribution in [0.15, 0.2) is 18.3 Å². The van der Waals surface area contributed by atoms with Crippen LogP contribution in [0.1, 0.15) is 32.5 Å². The van der Waals surface area contributed by atoms with E-state index in [0.29, 0.717) is 0 Å². The molecule has 1 aromatic heterocycles. The van der Waals surface area contributed by atoms with Crippen LogP contribution in [-0.2, 0) is 0 Å². The molecule has 0 spiro atoms. The SMILES string of the molecule is C.C#Cc1ccc(C)nc1.CC. The Hall–Kier alpha value is -1.29. The van der Waals surface area contributed by atoms with Crippen molar-refractivity contribution in [3.63, 3.8) is 0 Å². The molecule has 1 nitrogen and oxygen atoms in total. The molecule has 0 saturated heterocycles. The summed E-state index contributed by atoms with van der Waals surface area (Å²) in [5.41, 5.74) is 1.83. The summed E-state index contributed by atoms with van der Waals surface area (Å²) in [4.78, 5) is 4.01. The van der Waals surface area contributed by atoms with Crippen molar-refractivity contribution in [3.8, 4) is 12.3 Å². The van der Waals surface area contributed by atoms with Gasteiger partial charge in [-0.25, -0.2) is 0 Å². The maximum Gasteiger partial charge on any atom is 0.0427 e. The summed E-state index contributed by atoms with van der Waals surface area (Å²) in [5.74, 6) is 2.49. The van der Waals surface area contributed by atoms with Crippen LogP contribution in [0.3, 0.4) is 0 Å². The van der Waals surface area contributed by atoms with Gasteiger partial charge in [-0.3, -0.25) is 4.98 Å². The number of hydrogen-bond acceptors (Lipinski definition) is 1. The minimum atomic E-state index is 0. The van der Waals surface area contributed by atoms with E-state index in [1.165, 1.54) is 0 Å². The van der Waals surface area contributed by atoms with Crippen LogP contribution in [0.5, 0.6) is 0 Å². The Bertz CT molecular complexity index is 228. The molecular weight excluding hydrogens is 146 g/mol. The summed E-state index contributed by atoms with van der Waals surface area (Å²) in [6.45, 7) is 5.93. The lowest BCUT2D eigenvalue weighted by Crippen LogP contribution is -1.79. The Labute approximate surface area is 75.9 Å². The molecule has 0 amide bonds. The molecule has 1 heteroatoms. The van der Waals surface area contributed by atoms with Crippen molar-refractivity contribution in [3.05, 3.63) is 29.6 Å². The molecule has 1 rings (SSSR count). The molecule has 0 aliphatic heterocycles. The molecule has 0 fully saturated rings. The minimum Gasteiger partial charge on any atom is -0.260 e. The molecule has 0 aliphatic carbocycles. The average molecular weight is 163 g/mol. The number of hydrogen-bond donors (Lipinski definition) is 0. The molecule has 0 N–H and O–H groups in total. The largest absolute Gasteiger partial charge is 0.260 e. The number of pyridine rings is 1. The van der Waals surface area contributed by atoms with Gasteiger partial charge in [-0.15, -0.1) is 6.42 Å². The van der Waals surface area contributed by atoms with Gasteiger partial charge in [-0.2, -0.15) is 0 Å². The number of aromatic nitrogens is 1. The Kier molecular flexibility index (Phi) is 8.67. The third kappa shape index (κ3) is 4.51. The van der Waals surface area contributed by atoms with Crippen LogP contribution in [0.25, 0.3) is 0 Å². The summed E-state index contributed by atoms with van der Waals surface area (Å²) >= 11 is 0. The summed E-state index contributed by atoms with van der Waals surface area (Å²) in [6, 6.07) is 3.78. The van der Waals surface area contributed by atoms with E-state index in [1.54, 1.807) is 6.20 Å². The first kappa shape index (κ1) is 13.3. The second-order valence-electron chi connectivity index (χ2n) is 1.83. The molecule has 0 radical (unpaired) electrons. The highest BCUT2D eigenvalue weighted by Gasteiger charge is 1.84. The van der Waals surface area contributed by atoms with Gasteiger partial charge in [-0.05, 0) is 19.1 Å². The van der Waals surface area contributed by atoms with Crippen LogP contribution in [0, 0.1) is 19.3 Å². The van der Waals surface area contributed by atoms with Crippen molar-refractivity contribution in [2.45, 2.75) is 28.2 Å². The predicted molar refractivity (Wildman–Crippen MR) is 55.0 cm³/mol. The monoisotopic (exact) mass is 163 g/mol. The van der Waals surface area contributed by atoms with Crippen LogP contribution < -0.4 is 0 Å². The molecule has 0 bridgehead atoms. The molecule has 0 aromatic carbocycles. The predicted octanol–water partition coefficient (Wildman–Crippen LogP) is 3.03. The molecule has 0 unspecified atom stereocenters. The van der Waals surface area contributed by atoms with E-state index in [0.717, 1.165) is 11.3 Å².